The van der Waals surface area contributed by atoms with Crippen LogP contribution in [0.25, 0.3) is 16.6 Å². The summed E-state index contributed by atoms with van der Waals surface area (Å²) in [5.41, 5.74) is 2.22. The number of para-hydroxylation sites is 1. The van der Waals surface area contributed by atoms with Crippen LogP contribution in [-0.2, 0) is 11.3 Å². The molecule has 0 spiro atoms. The van der Waals surface area contributed by atoms with Crippen LogP contribution in [0.15, 0.2) is 53.3 Å². The SMILES string of the molecule is COc1ccc(OC)c(NC(=O)Cn2c(=O)c3ccccc3n3nc(C)cc23)c1. The first-order chi connectivity index (χ1) is 14.0. The van der Waals surface area contributed by atoms with Crippen LogP contribution in [0.2, 0.25) is 0 Å². The highest BCUT2D eigenvalue weighted by molar-refractivity contribution is 5.93. The molecule has 4 aromatic rings. The van der Waals surface area contributed by atoms with Gasteiger partial charge in [0.25, 0.3) is 5.56 Å². The van der Waals surface area contributed by atoms with Gasteiger partial charge in [0, 0.05) is 12.1 Å². The van der Waals surface area contributed by atoms with Gasteiger partial charge in [-0.15, -0.1) is 0 Å². The van der Waals surface area contributed by atoms with E-state index in [1.54, 1.807) is 48.0 Å². The van der Waals surface area contributed by atoms with Crippen LogP contribution >= 0.6 is 0 Å². The summed E-state index contributed by atoms with van der Waals surface area (Å²) in [6.07, 6.45) is 0. The minimum atomic E-state index is -0.366. The highest BCUT2D eigenvalue weighted by atomic mass is 16.5. The van der Waals surface area contributed by atoms with Gasteiger partial charge >= 0.3 is 0 Å². The highest BCUT2D eigenvalue weighted by Gasteiger charge is 2.16. The summed E-state index contributed by atoms with van der Waals surface area (Å²) in [6, 6.07) is 14.1. The van der Waals surface area contributed by atoms with E-state index >= 15 is 0 Å². The molecule has 0 aliphatic carbocycles. The fraction of sp³-hybridized carbons (Fsp3) is 0.190. The second-order valence-electron chi connectivity index (χ2n) is 6.58. The third kappa shape index (κ3) is 3.29. The molecular weight excluding hydrogens is 372 g/mol. The topological polar surface area (TPSA) is 86.9 Å². The lowest BCUT2D eigenvalue weighted by Crippen LogP contribution is -2.29. The van der Waals surface area contributed by atoms with Crippen LogP contribution in [0.1, 0.15) is 5.69 Å². The van der Waals surface area contributed by atoms with Gasteiger partial charge in [0.1, 0.15) is 23.7 Å². The van der Waals surface area contributed by atoms with Crippen molar-refractivity contribution < 1.29 is 14.3 Å². The molecule has 4 rings (SSSR count). The normalized spacial score (nSPS) is 11.0. The number of hydrogen-bond donors (Lipinski definition) is 1. The summed E-state index contributed by atoms with van der Waals surface area (Å²) in [5, 5.41) is 7.77. The molecule has 8 heteroatoms. The van der Waals surface area contributed by atoms with E-state index in [4.69, 9.17) is 9.47 Å². The van der Waals surface area contributed by atoms with E-state index in [1.165, 1.54) is 11.7 Å². The number of fused-ring (bicyclic) bond motifs is 3. The Morgan fingerprint density at radius 3 is 2.66 bits per heavy atom. The minimum absolute atomic E-state index is 0.168. The molecule has 0 saturated carbocycles. The zero-order valence-corrected chi connectivity index (χ0v) is 16.3. The molecule has 29 heavy (non-hydrogen) atoms. The van der Waals surface area contributed by atoms with Crippen molar-refractivity contribution in [2.75, 3.05) is 19.5 Å². The zero-order chi connectivity index (χ0) is 20.5. The lowest BCUT2D eigenvalue weighted by atomic mass is 10.2. The van der Waals surface area contributed by atoms with Crippen molar-refractivity contribution in [1.82, 2.24) is 14.2 Å². The van der Waals surface area contributed by atoms with Crippen LogP contribution in [0.4, 0.5) is 5.69 Å². The molecular formula is C21H20N4O4. The van der Waals surface area contributed by atoms with Crippen molar-refractivity contribution in [3.63, 3.8) is 0 Å². The van der Waals surface area contributed by atoms with E-state index in [2.05, 4.69) is 10.4 Å². The summed E-state index contributed by atoms with van der Waals surface area (Å²) in [6.45, 7) is 1.68. The zero-order valence-electron chi connectivity index (χ0n) is 16.3. The number of aromatic nitrogens is 3. The standard InChI is InChI=1S/C21H20N4O4/c1-13-10-20-24(21(27)15-6-4-5-7-17(15)25(20)23-13)12-19(26)22-16-11-14(28-2)8-9-18(16)29-3/h4-11H,12H2,1-3H3,(H,22,26). The van der Waals surface area contributed by atoms with Gasteiger partial charge in [0.15, 0.2) is 0 Å². The number of aryl methyl sites for hydroxylation is 1. The quantitative estimate of drug-likeness (QED) is 0.564. The first kappa shape index (κ1) is 18.5. The lowest BCUT2D eigenvalue weighted by Gasteiger charge is -2.14. The van der Waals surface area contributed by atoms with Crippen molar-refractivity contribution in [3.05, 3.63) is 64.6 Å². The summed E-state index contributed by atoms with van der Waals surface area (Å²) in [5.74, 6) is 0.711. The number of hydrogen-bond acceptors (Lipinski definition) is 5. The molecule has 8 nitrogen and oxygen atoms in total. The number of rotatable bonds is 5. The van der Waals surface area contributed by atoms with Crippen molar-refractivity contribution in [1.29, 1.82) is 0 Å². The van der Waals surface area contributed by atoms with Crippen LogP contribution in [0.3, 0.4) is 0 Å². The molecule has 0 bridgehead atoms. The molecule has 0 aliphatic heterocycles. The lowest BCUT2D eigenvalue weighted by molar-refractivity contribution is -0.116. The molecule has 0 atom stereocenters. The van der Waals surface area contributed by atoms with Crippen LogP contribution in [-0.4, -0.2) is 34.3 Å². The Balaban J connectivity index is 1.75. The Morgan fingerprint density at radius 1 is 1.10 bits per heavy atom. The monoisotopic (exact) mass is 392 g/mol. The van der Waals surface area contributed by atoms with E-state index in [9.17, 15) is 9.59 Å². The molecule has 0 fully saturated rings. The van der Waals surface area contributed by atoms with Crippen molar-refractivity contribution in [2.45, 2.75) is 13.5 Å². The molecule has 0 unspecified atom stereocenters. The molecule has 2 aromatic carbocycles. The number of carbonyl (C=O) groups is 1. The maximum absolute atomic E-state index is 13.1. The summed E-state index contributed by atoms with van der Waals surface area (Å²) >= 11 is 0. The average molecular weight is 392 g/mol. The fourth-order valence-corrected chi connectivity index (χ4v) is 3.34. The number of benzene rings is 2. The summed E-state index contributed by atoms with van der Waals surface area (Å²) in [4.78, 5) is 25.9. The van der Waals surface area contributed by atoms with E-state index in [0.29, 0.717) is 33.7 Å². The second-order valence-corrected chi connectivity index (χ2v) is 6.58. The number of anilines is 1. The number of carbonyl (C=O) groups excluding carboxylic acids is 1. The Morgan fingerprint density at radius 2 is 1.90 bits per heavy atom. The predicted molar refractivity (Wildman–Crippen MR) is 110 cm³/mol. The number of nitrogens with one attached hydrogen (secondary N) is 1. The first-order valence-electron chi connectivity index (χ1n) is 9.01. The van der Waals surface area contributed by atoms with E-state index < -0.39 is 0 Å². The number of nitrogens with zero attached hydrogens (tertiary/aromatic N) is 3. The molecule has 0 saturated heterocycles. The van der Waals surface area contributed by atoms with Crippen LogP contribution < -0.4 is 20.3 Å². The van der Waals surface area contributed by atoms with Gasteiger partial charge in [-0.1, -0.05) is 12.1 Å². The van der Waals surface area contributed by atoms with Gasteiger partial charge in [-0.3, -0.25) is 14.2 Å². The molecule has 0 radical (unpaired) electrons. The van der Waals surface area contributed by atoms with E-state index in [1.807, 2.05) is 19.1 Å². The van der Waals surface area contributed by atoms with E-state index in [-0.39, 0.29) is 18.0 Å². The Kier molecular flexibility index (Phi) is 4.67. The summed E-state index contributed by atoms with van der Waals surface area (Å²) < 4.78 is 13.6. The Labute approximate surface area is 166 Å². The fourth-order valence-electron chi connectivity index (χ4n) is 3.34. The number of amides is 1. The third-order valence-corrected chi connectivity index (χ3v) is 4.68. The molecule has 2 aromatic heterocycles. The predicted octanol–water partition coefficient (Wildman–Crippen LogP) is 2.61. The van der Waals surface area contributed by atoms with Gasteiger partial charge < -0.3 is 14.8 Å². The third-order valence-electron chi connectivity index (χ3n) is 4.68. The Bertz CT molecular complexity index is 1290. The maximum Gasteiger partial charge on any atom is 0.262 e. The van der Waals surface area contributed by atoms with Crippen molar-refractivity contribution in [3.8, 4) is 11.5 Å². The van der Waals surface area contributed by atoms with Gasteiger partial charge in [0.2, 0.25) is 5.91 Å². The average Bonchev–Trinajstić information content (AvgIpc) is 3.12. The van der Waals surface area contributed by atoms with Gasteiger partial charge in [0.05, 0.1) is 36.5 Å². The van der Waals surface area contributed by atoms with Gasteiger partial charge in [-0.05, 0) is 31.2 Å². The van der Waals surface area contributed by atoms with Gasteiger partial charge in [-0.2, -0.15) is 5.10 Å². The maximum atomic E-state index is 13.1. The number of methoxy groups -OCH3 is 2. The largest absolute Gasteiger partial charge is 0.497 e. The molecule has 0 aliphatic rings. The minimum Gasteiger partial charge on any atom is -0.497 e. The Hall–Kier alpha value is -3.81. The van der Waals surface area contributed by atoms with Crippen molar-refractivity contribution >= 4 is 28.1 Å². The van der Waals surface area contributed by atoms with Crippen molar-refractivity contribution in [2.24, 2.45) is 0 Å². The summed E-state index contributed by atoms with van der Waals surface area (Å²) in [7, 11) is 3.06. The second kappa shape index (κ2) is 7.31. The molecule has 1 N–H and O–H groups in total. The molecule has 1 amide bonds. The molecule has 148 valence electrons. The molecule has 2 heterocycles. The number of ether oxygens (including phenoxy) is 2. The first-order valence-corrected chi connectivity index (χ1v) is 9.01. The van der Waals surface area contributed by atoms with Crippen LogP contribution in [0, 0.1) is 6.92 Å². The highest BCUT2D eigenvalue weighted by Crippen LogP contribution is 2.28. The van der Waals surface area contributed by atoms with Gasteiger partial charge in [-0.25, -0.2) is 4.52 Å². The van der Waals surface area contributed by atoms with E-state index in [0.717, 1.165) is 5.69 Å². The smallest absolute Gasteiger partial charge is 0.262 e. The van der Waals surface area contributed by atoms with Crippen LogP contribution in [0.5, 0.6) is 11.5 Å².